The van der Waals surface area contributed by atoms with E-state index in [1.165, 1.54) is 0 Å². The molecule has 156 valence electrons. The van der Waals surface area contributed by atoms with E-state index in [2.05, 4.69) is 26.1 Å². The molecule has 0 spiro atoms. The van der Waals surface area contributed by atoms with Gasteiger partial charge < -0.3 is 14.8 Å². The van der Waals surface area contributed by atoms with Crippen molar-refractivity contribution >= 4 is 21.8 Å². The van der Waals surface area contributed by atoms with Crippen LogP contribution in [0.3, 0.4) is 0 Å². The Morgan fingerprint density at radius 3 is 2.62 bits per heavy atom. The first-order chi connectivity index (χ1) is 13.9. The molecule has 1 amide bonds. The summed E-state index contributed by atoms with van der Waals surface area (Å²) in [7, 11) is 0. The molecule has 0 unspecified atom stereocenters. The van der Waals surface area contributed by atoms with Gasteiger partial charge in [-0.3, -0.25) is 9.69 Å². The van der Waals surface area contributed by atoms with Crippen LogP contribution in [0, 0.1) is 0 Å². The number of carbonyl (C=O) groups is 1. The first kappa shape index (κ1) is 21.8. The minimum absolute atomic E-state index is 0.00142. The van der Waals surface area contributed by atoms with Crippen LogP contribution in [0.1, 0.15) is 25.0 Å². The van der Waals surface area contributed by atoms with Crippen LogP contribution in [-0.2, 0) is 21.5 Å². The molecule has 1 N–H and O–H groups in total. The largest absolute Gasteiger partial charge is 0.492 e. The number of hydrogen-bond donors (Lipinski definition) is 1. The lowest BCUT2D eigenvalue weighted by atomic mass is 9.84. The second kappa shape index (κ2) is 10.2. The van der Waals surface area contributed by atoms with E-state index in [4.69, 9.17) is 9.47 Å². The molecule has 1 heterocycles. The Morgan fingerprint density at radius 1 is 1.17 bits per heavy atom. The van der Waals surface area contributed by atoms with E-state index >= 15 is 0 Å². The Kier molecular flexibility index (Phi) is 7.70. The average Bonchev–Trinajstić information content (AvgIpc) is 2.73. The number of nitrogens with zero attached hydrogens (tertiary/aromatic N) is 1. The molecule has 0 saturated carbocycles. The quantitative estimate of drug-likeness (QED) is 0.651. The molecule has 1 saturated heterocycles. The molecule has 5 nitrogen and oxygen atoms in total. The summed E-state index contributed by atoms with van der Waals surface area (Å²) in [5, 5.41) is 3.06. The Hall–Kier alpha value is -1.89. The van der Waals surface area contributed by atoms with Gasteiger partial charge in [-0.1, -0.05) is 40.2 Å². The molecular weight excluding hydrogens is 432 g/mol. The van der Waals surface area contributed by atoms with E-state index in [1.807, 2.05) is 62.4 Å². The van der Waals surface area contributed by atoms with Crippen LogP contribution >= 0.6 is 15.9 Å². The van der Waals surface area contributed by atoms with Crippen molar-refractivity contribution in [2.45, 2.75) is 25.8 Å². The Bertz CT molecular complexity index is 802. The van der Waals surface area contributed by atoms with Crippen LogP contribution in [0.2, 0.25) is 0 Å². The predicted molar refractivity (Wildman–Crippen MR) is 118 cm³/mol. The number of nitrogens with one attached hydrogen (secondary N) is 1. The van der Waals surface area contributed by atoms with Gasteiger partial charge in [0.05, 0.1) is 18.6 Å². The van der Waals surface area contributed by atoms with Crippen LogP contribution in [0.5, 0.6) is 5.75 Å². The molecule has 2 aromatic rings. The Balaban J connectivity index is 1.50. The molecule has 0 aliphatic carbocycles. The number of rotatable bonds is 8. The van der Waals surface area contributed by atoms with Crippen molar-refractivity contribution in [1.82, 2.24) is 10.2 Å². The standard InChI is InChI=1S/C23H29BrN2O3/c1-23(2,19-6-8-20(24)9-7-19)22(27)25-17-18-4-3-5-21(16-18)29-15-12-26-10-13-28-14-11-26/h3-9,16H,10-15,17H2,1-2H3,(H,25,27). The first-order valence-corrected chi connectivity index (χ1v) is 10.8. The number of amides is 1. The number of carbonyl (C=O) groups excluding carboxylic acids is 1. The molecule has 0 bridgehead atoms. The van der Waals surface area contributed by atoms with Crippen molar-refractivity contribution in [3.8, 4) is 5.75 Å². The minimum atomic E-state index is -0.604. The lowest BCUT2D eigenvalue weighted by Gasteiger charge is -2.26. The third-order valence-corrected chi connectivity index (χ3v) is 5.79. The van der Waals surface area contributed by atoms with Crippen molar-refractivity contribution in [2.75, 3.05) is 39.5 Å². The maximum Gasteiger partial charge on any atom is 0.230 e. The van der Waals surface area contributed by atoms with Crippen LogP contribution in [0.15, 0.2) is 53.0 Å². The molecule has 0 atom stereocenters. The number of hydrogen-bond acceptors (Lipinski definition) is 4. The summed E-state index contributed by atoms with van der Waals surface area (Å²) >= 11 is 3.44. The molecule has 6 heteroatoms. The van der Waals surface area contributed by atoms with Crippen molar-refractivity contribution in [1.29, 1.82) is 0 Å². The monoisotopic (exact) mass is 460 g/mol. The highest BCUT2D eigenvalue weighted by molar-refractivity contribution is 9.10. The number of ether oxygens (including phenoxy) is 2. The zero-order valence-corrected chi connectivity index (χ0v) is 18.7. The van der Waals surface area contributed by atoms with Gasteiger partial charge in [-0.05, 0) is 49.2 Å². The number of benzene rings is 2. The Morgan fingerprint density at radius 2 is 1.90 bits per heavy atom. The molecule has 1 fully saturated rings. The molecule has 1 aliphatic rings. The highest BCUT2D eigenvalue weighted by Crippen LogP contribution is 2.25. The summed E-state index contributed by atoms with van der Waals surface area (Å²) in [6.45, 7) is 9.41. The summed E-state index contributed by atoms with van der Waals surface area (Å²) in [5.74, 6) is 0.829. The maximum absolute atomic E-state index is 12.8. The van der Waals surface area contributed by atoms with E-state index in [0.717, 1.165) is 54.2 Å². The predicted octanol–water partition coefficient (Wildman–Crippen LogP) is 3.75. The molecule has 0 aromatic heterocycles. The molecule has 1 aliphatic heterocycles. The zero-order chi connectivity index (χ0) is 20.7. The van der Waals surface area contributed by atoms with Gasteiger partial charge in [-0.15, -0.1) is 0 Å². The normalized spacial score (nSPS) is 15.1. The lowest BCUT2D eigenvalue weighted by molar-refractivity contribution is -0.125. The molecule has 29 heavy (non-hydrogen) atoms. The van der Waals surface area contributed by atoms with Gasteiger partial charge in [0.2, 0.25) is 5.91 Å². The molecule has 0 radical (unpaired) electrons. The van der Waals surface area contributed by atoms with E-state index in [-0.39, 0.29) is 5.91 Å². The van der Waals surface area contributed by atoms with Crippen LogP contribution in [0.4, 0.5) is 0 Å². The molecular formula is C23H29BrN2O3. The topological polar surface area (TPSA) is 50.8 Å². The summed E-state index contributed by atoms with van der Waals surface area (Å²) in [6, 6.07) is 15.8. The third kappa shape index (κ3) is 6.29. The maximum atomic E-state index is 12.8. The average molecular weight is 461 g/mol. The highest BCUT2D eigenvalue weighted by atomic mass is 79.9. The van der Waals surface area contributed by atoms with Gasteiger partial charge in [0.15, 0.2) is 0 Å². The van der Waals surface area contributed by atoms with Crippen molar-refractivity contribution in [3.63, 3.8) is 0 Å². The van der Waals surface area contributed by atoms with Crippen molar-refractivity contribution < 1.29 is 14.3 Å². The van der Waals surface area contributed by atoms with Crippen LogP contribution in [-0.4, -0.2) is 50.3 Å². The van der Waals surface area contributed by atoms with E-state index in [9.17, 15) is 4.79 Å². The SMILES string of the molecule is CC(C)(C(=O)NCc1cccc(OCCN2CCOCC2)c1)c1ccc(Br)cc1. The van der Waals surface area contributed by atoms with Crippen LogP contribution < -0.4 is 10.1 Å². The second-order valence-corrected chi connectivity index (χ2v) is 8.68. The molecule has 3 rings (SSSR count). The van der Waals surface area contributed by atoms with E-state index in [1.54, 1.807) is 0 Å². The fourth-order valence-corrected chi connectivity index (χ4v) is 3.53. The fraction of sp³-hybridized carbons (Fsp3) is 0.435. The van der Waals surface area contributed by atoms with Gasteiger partial charge in [0, 0.05) is 30.7 Å². The first-order valence-electron chi connectivity index (χ1n) is 10.0. The minimum Gasteiger partial charge on any atom is -0.492 e. The van der Waals surface area contributed by atoms with Gasteiger partial charge in [-0.25, -0.2) is 0 Å². The van der Waals surface area contributed by atoms with E-state index in [0.29, 0.717) is 13.2 Å². The smallest absolute Gasteiger partial charge is 0.230 e. The van der Waals surface area contributed by atoms with Crippen molar-refractivity contribution in [2.24, 2.45) is 0 Å². The van der Waals surface area contributed by atoms with Gasteiger partial charge in [0.25, 0.3) is 0 Å². The van der Waals surface area contributed by atoms with E-state index < -0.39 is 5.41 Å². The lowest BCUT2D eigenvalue weighted by Crippen LogP contribution is -2.39. The highest BCUT2D eigenvalue weighted by Gasteiger charge is 2.29. The third-order valence-electron chi connectivity index (χ3n) is 5.27. The van der Waals surface area contributed by atoms with Crippen molar-refractivity contribution in [3.05, 3.63) is 64.1 Å². The second-order valence-electron chi connectivity index (χ2n) is 7.76. The summed E-state index contributed by atoms with van der Waals surface area (Å²) in [6.07, 6.45) is 0. The Labute approximate surface area is 181 Å². The fourth-order valence-electron chi connectivity index (χ4n) is 3.26. The van der Waals surface area contributed by atoms with Crippen LogP contribution in [0.25, 0.3) is 0 Å². The summed E-state index contributed by atoms with van der Waals surface area (Å²) < 4.78 is 12.3. The summed E-state index contributed by atoms with van der Waals surface area (Å²) in [4.78, 5) is 15.1. The zero-order valence-electron chi connectivity index (χ0n) is 17.1. The van der Waals surface area contributed by atoms with Gasteiger partial charge >= 0.3 is 0 Å². The molecule has 2 aromatic carbocycles. The number of halogens is 1. The van der Waals surface area contributed by atoms with Gasteiger partial charge in [-0.2, -0.15) is 0 Å². The van der Waals surface area contributed by atoms with Gasteiger partial charge in [0.1, 0.15) is 12.4 Å². The number of morpholine rings is 1. The summed E-state index contributed by atoms with van der Waals surface area (Å²) in [5.41, 5.74) is 1.40.